The van der Waals surface area contributed by atoms with Crippen molar-refractivity contribution in [3.8, 4) is 0 Å². The fourth-order valence-electron chi connectivity index (χ4n) is 3.43. The molecule has 0 aromatic heterocycles. The number of hydrogen-bond donors (Lipinski definition) is 1. The Morgan fingerprint density at radius 2 is 2.13 bits per heavy atom. The maximum Gasteiger partial charge on any atom is 0.234 e. The van der Waals surface area contributed by atoms with Gasteiger partial charge in [0.05, 0.1) is 6.04 Å². The molecule has 1 saturated heterocycles. The first-order valence-corrected chi connectivity index (χ1v) is 6.29. The van der Waals surface area contributed by atoms with Crippen LogP contribution in [0.2, 0.25) is 0 Å². The fraction of sp³-hybridized carbons (Fsp3) is 0.917. The van der Waals surface area contributed by atoms with Crippen LogP contribution in [0.3, 0.4) is 0 Å². The molecule has 1 heterocycles. The summed E-state index contributed by atoms with van der Waals surface area (Å²) < 4.78 is 0. The highest BCUT2D eigenvalue weighted by atomic mass is 16.1. The van der Waals surface area contributed by atoms with Gasteiger partial charge in [0.25, 0.3) is 0 Å². The van der Waals surface area contributed by atoms with E-state index in [1.54, 1.807) is 0 Å². The van der Waals surface area contributed by atoms with Crippen molar-refractivity contribution in [2.24, 2.45) is 11.7 Å². The van der Waals surface area contributed by atoms with Gasteiger partial charge in [0.15, 0.2) is 0 Å². The topological polar surface area (TPSA) is 46.3 Å². The van der Waals surface area contributed by atoms with Crippen LogP contribution in [0.5, 0.6) is 0 Å². The SMILES string of the molecule is CCC(C(N)=O)N1CCC2CCCCC21. The molecular weight excluding hydrogens is 188 g/mol. The molecule has 1 aliphatic carbocycles. The molecule has 2 aliphatic rings. The molecule has 0 aromatic carbocycles. The summed E-state index contributed by atoms with van der Waals surface area (Å²) in [7, 11) is 0. The van der Waals surface area contributed by atoms with E-state index in [0.717, 1.165) is 18.9 Å². The van der Waals surface area contributed by atoms with Gasteiger partial charge < -0.3 is 5.73 Å². The molecule has 1 saturated carbocycles. The quantitative estimate of drug-likeness (QED) is 0.767. The van der Waals surface area contributed by atoms with E-state index in [0.29, 0.717) is 6.04 Å². The molecule has 2 rings (SSSR count). The van der Waals surface area contributed by atoms with Gasteiger partial charge in [-0.05, 0) is 38.1 Å². The maximum atomic E-state index is 11.4. The van der Waals surface area contributed by atoms with E-state index in [9.17, 15) is 4.79 Å². The van der Waals surface area contributed by atoms with E-state index in [-0.39, 0.29) is 11.9 Å². The van der Waals surface area contributed by atoms with E-state index in [1.807, 2.05) is 0 Å². The predicted octanol–water partition coefficient (Wildman–Crippen LogP) is 1.51. The predicted molar refractivity (Wildman–Crippen MR) is 60.3 cm³/mol. The number of likely N-dealkylation sites (tertiary alicyclic amines) is 1. The van der Waals surface area contributed by atoms with Gasteiger partial charge in [-0.2, -0.15) is 0 Å². The van der Waals surface area contributed by atoms with Crippen LogP contribution in [-0.2, 0) is 4.79 Å². The van der Waals surface area contributed by atoms with Crippen LogP contribution in [0.4, 0.5) is 0 Å². The van der Waals surface area contributed by atoms with Gasteiger partial charge in [0, 0.05) is 6.04 Å². The molecule has 3 unspecified atom stereocenters. The van der Waals surface area contributed by atoms with Crippen molar-refractivity contribution in [3.63, 3.8) is 0 Å². The molecule has 3 atom stereocenters. The van der Waals surface area contributed by atoms with Gasteiger partial charge in [-0.15, -0.1) is 0 Å². The molecule has 1 aliphatic heterocycles. The lowest BCUT2D eigenvalue weighted by atomic mass is 9.85. The molecule has 0 bridgehead atoms. The summed E-state index contributed by atoms with van der Waals surface area (Å²) in [5.41, 5.74) is 5.47. The number of nitrogens with zero attached hydrogens (tertiary/aromatic N) is 1. The lowest BCUT2D eigenvalue weighted by Gasteiger charge is -2.35. The summed E-state index contributed by atoms with van der Waals surface area (Å²) in [5.74, 6) is 0.705. The minimum absolute atomic E-state index is 0.0156. The average Bonchev–Trinajstić information content (AvgIpc) is 2.63. The van der Waals surface area contributed by atoms with Gasteiger partial charge in [-0.25, -0.2) is 0 Å². The molecular formula is C12H22N2O. The van der Waals surface area contributed by atoms with Gasteiger partial charge in [-0.1, -0.05) is 19.8 Å². The largest absolute Gasteiger partial charge is 0.368 e. The fourth-order valence-corrected chi connectivity index (χ4v) is 3.43. The van der Waals surface area contributed by atoms with E-state index in [2.05, 4.69) is 11.8 Å². The van der Waals surface area contributed by atoms with E-state index in [4.69, 9.17) is 5.73 Å². The van der Waals surface area contributed by atoms with Gasteiger partial charge in [0.2, 0.25) is 5.91 Å². The van der Waals surface area contributed by atoms with Crippen LogP contribution in [-0.4, -0.2) is 29.4 Å². The second kappa shape index (κ2) is 4.52. The van der Waals surface area contributed by atoms with Crippen molar-refractivity contribution in [2.75, 3.05) is 6.54 Å². The number of rotatable bonds is 3. The molecule has 2 N–H and O–H groups in total. The van der Waals surface area contributed by atoms with Gasteiger partial charge >= 0.3 is 0 Å². The minimum atomic E-state index is -0.135. The Morgan fingerprint density at radius 1 is 1.40 bits per heavy atom. The highest BCUT2D eigenvalue weighted by Gasteiger charge is 2.39. The van der Waals surface area contributed by atoms with Crippen molar-refractivity contribution in [2.45, 2.75) is 57.5 Å². The summed E-state index contributed by atoms with van der Waals surface area (Å²) in [4.78, 5) is 13.8. The van der Waals surface area contributed by atoms with Crippen LogP contribution in [0.15, 0.2) is 0 Å². The number of amides is 1. The van der Waals surface area contributed by atoms with Gasteiger partial charge in [0.1, 0.15) is 0 Å². The summed E-state index contributed by atoms with van der Waals surface area (Å²) in [6, 6.07) is 0.634. The molecule has 0 aromatic rings. The number of primary amides is 1. The number of nitrogens with two attached hydrogens (primary N) is 1. The molecule has 3 heteroatoms. The number of hydrogen-bond acceptors (Lipinski definition) is 2. The first-order chi connectivity index (χ1) is 7.24. The molecule has 1 amide bonds. The first-order valence-electron chi connectivity index (χ1n) is 6.29. The van der Waals surface area contributed by atoms with Crippen molar-refractivity contribution < 1.29 is 4.79 Å². The van der Waals surface area contributed by atoms with Crippen molar-refractivity contribution in [1.29, 1.82) is 0 Å². The lowest BCUT2D eigenvalue weighted by molar-refractivity contribution is -0.124. The first kappa shape index (κ1) is 10.9. The average molecular weight is 210 g/mol. The van der Waals surface area contributed by atoms with Crippen molar-refractivity contribution in [1.82, 2.24) is 4.90 Å². The summed E-state index contributed by atoms with van der Waals surface area (Å²) >= 11 is 0. The Labute approximate surface area is 92.0 Å². The lowest BCUT2D eigenvalue weighted by Crippen LogP contribution is -2.48. The van der Waals surface area contributed by atoms with E-state index in [1.165, 1.54) is 32.1 Å². The third-order valence-electron chi connectivity index (χ3n) is 4.17. The Bertz CT molecular complexity index is 242. The van der Waals surface area contributed by atoms with Crippen molar-refractivity contribution >= 4 is 5.91 Å². The number of carbonyl (C=O) groups is 1. The highest BCUT2D eigenvalue weighted by molar-refractivity contribution is 5.79. The van der Waals surface area contributed by atoms with Crippen LogP contribution in [0.25, 0.3) is 0 Å². The number of carbonyl (C=O) groups excluding carboxylic acids is 1. The number of fused-ring (bicyclic) bond motifs is 1. The minimum Gasteiger partial charge on any atom is -0.368 e. The summed E-state index contributed by atoms with van der Waals surface area (Å²) in [6.07, 6.45) is 7.47. The molecule has 0 spiro atoms. The second-order valence-corrected chi connectivity index (χ2v) is 4.96. The van der Waals surface area contributed by atoms with E-state index >= 15 is 0 Å². The molecule has 86 valence electrons. The molecule has 15 heavy (non-hydrogen) atoms. The van der Waals surface area contributed by atoms with Crippen LogP contribution >= 0.6 is 0 Å². The highest BCUT2D eigenvalue weighted by Crippen LogP contribution is 2.37. The Kier molecular flexibility index (Phi) is 3.29. The zero-order valence-electron chi connectivity index (χ0n) is 9.61. The maximum absolute atomic E-state index is 11.4. The molecule has 2 fully saturated rings. The third kappa shape index (κ3) is 2.03. The standard InChI is InChI=1S/C12H22N2O/c1-2-10(12(13)15)14-8-7-9-5-3-4-6-11(9)14/h9-11H,2-8H2,1H3,(H2,13,15). The monoisotopic (exact) mass is 210 g/mol. The van der Waals surface area contributed by atoms with Crippen LogP contribution in [0, 0.1) is 5.92 Å². The smallest absolute Gasteiger partial charge is 0.234 e. The summed E-state index contributed by atoms with van der Waals surface area (Å²) in [6.45, 7) is 3.14. The third-order valence-corrected chi connectivity index (χ3v) is 4.17. The van der Waals surface area contributed by atoms with Crippen molar-refractivity contribution in [3.05, 3.63) is 0 Å². The van der Waals surface area contributed by atoms with Gasteiger partial charge in [-0.3, -0.25) is 9.69 Å². The van der Waals surface area contributed by atoms with Crippen LogP contribution < -0.4 is 5.73 Å². The Morgan fingerprint density at radius 3 is 2.80 bits per heavy atom. The zero-order valence-corrected chi connectivity index (χ0v) is 9.61. The van der Waals surface area contributed by atoms with E-state index < -0.39 is 0 Å². The molecule has 0 radical (unpaired) electrons. The zero-order chi connectivity index (χ0) is 10.8. The second-order valence-electron chi connectivity index (χ2n) is 4.96. The molecule has 3 nitrogen and oxygen atoms in total. The Hall–Kier alpha value is -0.570. The summed E-state index contributed by atoms with van der Waals surface area (Å²) in [5, 5.41) is 0. The normalized spacial score (nSPS) is 33.7. The van der Waals surface area contributed by atoms with Crippen LogP contribution in [0.1, 0.15) is 45.4 Å². The Balaban J connectivity index is 2.05.